The second-order valence-corrected chi connectivity index (χ2v) is 4.86. The molecule has 1 aliphatic rings. The van der Waals surface area contributed by atoms with Crippen LogP contribution in [0, 0.1) is 5.92 Å². The van der Waals surface area contributed by atoms with Crippen LogP contribution in [-0.2, 0) is 6.54 Å². The molecule has 1 atom stereocenters. The molecule has 100 valence electrons. The van der Waals surface area contributed by atoms with Crippen molar-refractivity contribution in [2.24, 2.45) is 5.92 Å². The first-order chi connectivity index (χ1) is 8.70. The molecule has 5 heteroatoms. The zero-order chi connectivity index (χ0) is 13.0. The van der Waals surface area contributed by atoms with Gasteiger partial charge in [-0.15, -0.1) is 0 Å². The zero-order valence-corrected chi connectivity index (χ0v) is 10.7. The van der Waals surface area contributed by atoms with Crippen molar-refractivity contribution in [3.63, 3.8) is 0 Å². The molecule has 2 N–H and O–H groups in total. The summed E-state index contributed by atoms with van der Waals surface area (Å²) in [6, 6.07) is 1.52. The van der Waals surface area contributed by atoms with Crippen molar-refractivity contribution in [3.8, 4) is 0 Å². The van der Waals surface area contributed by atoms with Crippen molar-refractivity contribution in [2.45, 2.75) is 19.4 Å². The third kappa shape index (κ3) is 3.11. The molecule has 2 heterocycles. The van der Waals surface area contributed by atoms with E-state index in [-0.39, 0.29) is 5.56 Å². The molecule has 0 spiro atoms. The Balaban J connectivity index is 1.96. The molecule has 1 aliphatic heterocycles. The lowest BCUT2D eigenvalue weighted by Gasteiger charge is -2.32. The summed E-state index contributed by atoms with van der Waals surface area (Å²) in [5.74, 6) is 0.294. The normalized spacial score (nSPS) is 21.1. The van der Waals surface area contributed by atoms with Crippen LogP contribution < -0.4 is 5.32 Å². The maximum absolute atomic E-state index is 11.0. The number of nitrogens with zero attached hydrogens (tertiary/aromatic N) is 1. The van der Waals surface area contributed by atoms with Gasteiger partial charge in [-0.25, -0.2) is 4.79 Å². The zero-order valence-electron chi connectivity index (χ0n) is 10.7. The Labute approximate surface area is 107 Å². The number of aromatic carboxylic acids is 1. The van der Waals surface area contributed by atoms with Gasteiger partial charge >= 0.3 is 5.97 Å². The first-order valence-corrected chi connectivity index (χ1v) is 6.37. The van der Waals surface area contributed by atoms with Crippen LogP contribution in [0.1, 0.15) is 29.0 Å². The minimum Gasteiger partial charge on any atom is -0.478 e. The summed E-state index contributed by atoms with van der Waals surface area (Å²) in [4.78, 5) is 13.3. The van der Waals surface area contributed by atoms with Gasteiger partial charge in [0.25, 0.3) is 0 Å². The molecular weight excluding hydrogens is 232 g/mol. The Morgan fingerprint density at radius 2 is 2.50 bits per heavy atom. The summed E-state index contributed by atoms with van der Waals surface area (Å²) in [6.07, 6.45) is 3.85. The van der Waals surface area contributed by atoms with Crippen LogP contribution >= 0.6 is 0 Å². The largest absolute Gasteiger partial charge is 0.478 e. The number of hydrogen-bond donors (Lipinski definition) is 2. The molecule has 1 aromatic heterocycles. The lowest BCUT2D eigenvalue weighted by Crippen LogP contribution is -2.38. The van der Waals surface area contributed by atoms with Crippen molar-refractivity contribution in [1.82, 2.24) is 10.2 Å². The number of likely N-dealkylation sites (tertiary alicyclic amines) is 1. The van der Waals surface area contributed by atoms with Crippen LogP contribution in [0.25, 0.3) is 0 Å². The average molecular weight is 252 g/mol. The van der Waals surface area contributed by atoms with E-state index in [0.29, 0.717) is 18.2 Å². The van der Waals surface area contributed by atoms with Gasteiger partial charge in [0.05, 0.1) is 12.8 Å². The van der Waals surface area contributed by atoms with E-state index in [4.69, 9.17) is 9.52 Å². The van der Waals surface area contributed by atoms with Crippen LogP contribution in [0.5, 0.6) is 0 Å². The highest BCUT2D eigenvalue weighted by atomic mass is 16.4. The highest BCUT2D eigenvalue weighted by Crippen LogP contribution is 2.20. The maximum atomic E-state index is 11.0. The first kappa shape index (κ1) is 13.1. The number of carbonyl (C=O) groups is 1. The van der Waals surface area contributed by atoms with Crippen LogP contribution in [0.15, 0.2) is 16.7 Å². The SMILES string of the molecule is CNCC1CCCN(Cc2occc2C(=O)O)C1. The van der Waals surface area contributed by atoms with Crippen LogP contribution in [0.4, 0.5) is 0 Å². The van der Waals surface area contributed by atoms with Crippen LogP contribution in [0.3, 0.4) is 0 Å². The van der Waals surface area contributed by atoms with Gasteiger partial charge in [-0.2, -0.15) is 0 Å². The Morgan fingerprint density at radius 1 is 1.67 bits per heavy atom. The Hall–Kier alpha value is -1.33. The summed E-state index contributed by atoms with van der Waals surface area (Å²) in [5.41, 5.74) is 0.283. The van der Waals surface area contributed by atoms with Gasteiger partial charge in [0.1, 0.15) is 11.3 Å². The summed E-state index contributed by atoms with van der Waals surface area (Å²) in [5, 5.41) is 12.2. The molecule has 0 saturated carbocycles. The quantitative estimate of drug-likeness (QED) is 0.829. The minimum atomic E-state index is -0.914. The molecular formula is C13H20N2O3. The molecule has 0 aromatic carbocycles. The van der Waals surface area contributed by atoms with Gasteiger partial charge < -0.3 is 14.8 Å². The maximum Gasteiger partial charge on any atom is 0.339 e. The van der Waals surface area contributed by atoms with Crippen LogP contribution in [-0.4, -0.2) is 42.7 Å². The predicted octanol–water partition coefficient (Wildman–Crippen LogP) is 1.41. The molecule has 0 bridgehead atoms. The van der Waals surface area contributed by atoms with Crippen molar-refractivity contribution in [3.05, 3.63) is 23.7 Å². The molecule has 0 radical (unpaired) electrons. The van der Waals surface area contributed by atoms with E-state index < -0.39 is 5.97 Å². The topological polar surface area (TPSA) is 65.7 Å². The number of piperidine rings is 1. The number of nitrogens with one attached hydrogen (secondary N) is 1. The summed E-state index contributed by atoms with van der Waals surface area (Å²) >= 11 is 0. The highest BCUT2D eigenvalue weighted by molar-refractivity contribution is 5.88. The van der Waals surface area contributed by atoms with Crippen molar-refractivity contribution in [2.75, 3.05) is 26.7 Å². The van der Waals surface area contributed by atoms with E-state index in [0.717, 1.165) is 26.1 Å². The number of furan rings is 1. The molecule has 0 amide bonds. The Kier molecular flexibility index (Phi) is 4.38. The second kappa shape index (κ2) is 6.02. The summed E-state index contributed by atoms with van der Waals surface area (Å²) in [7, 11) is 1.97. The van der Waals surface area contributed by atoms with E-state index in [2.05, 4.69) is 10.2 Å². The van der Waals surface area contributed by atoms with Crippen molar-refractivity contribution in [1.29, 1.82) is 0 Å². The number of rotatable bonds is 5. The first-order valence-electron chi connectivity index (χ1n) is 6.37. The smallest absolute Gasteiger partial charge is 0.339 e. The van der Waals surface area contributed by atoms with Crippen molar-refractivity contribution < 1.29 is 14.3 Å². The fraction of sp³-hybridized carbons (Fsp3) is 0.615. The van der Waals surface area contributed by atoms with Gasteiger partial charge in [-0.05, 0) is 45.0 Å². The van der Waals surface area contributed by atoms with E-state index in [9.17, 15) is 4.79 Å². The lowest BCUT2D eigenvalue weighted by molar-refractivity contribution is 0.0691. The molecule has 5 nitrogen and oxygen atoms in total. The average Bonchev–Trinajstić information content (AvgIpc) is 2.78. The number of carboxylic acid groups (broad SMARTS) is 1. The van der Waals surface area contributed by atoms with Crippen molar-refractivity contribution >= 4 is 5.97 Å². The second-order valence-electron chi connectivity index (χ2n) is 4.86. The number of hydrogen-bond acceptors (Lipinski definition) is 4. The van der Waals surface area contributed by atoms with E-state index in [1.165, 1.54) is 18.8 Å². The fourth-order valence-electron chi connectivity index (χ4n) is 2.61. The Bertz CT molecular complexity index is 401. The van der Waals surface area contributed by atoms with E-state index >= 15 is 0 Å². The van der Waals surface area contributed by atoms with Gasteiger partial charge in [0, 0.05) is 6.54 Å². The minimum absolute atomic E-state index is 0.283. The Morgan fingerprint density at radius 3 is 3.22 bits per heavy atom. The van der Waals surface area contributed by atoms with Gasteiger partial charge in [-0.1, -0.05) is 0 Å². The standard InChI is InChI=1S/C13H20N2O3/c1-14-7-10-3-2-5-15(8-10)9-12-11(13(16)17)4-6-18-12/h4,6,10,14H,2-3,5,7-9H2,1H3,(H,16,17). The van der Waals surface area contributed by atoms with E-state index in [1.807, 2.05) is 7.05 Å². The molecule has 1 unspecified atom stereocenters. The third-order valence-electron chi connectivity index (χ3n) is 3.44. The van der Waals surface area contributed by atoms with Gasteiger partial charge in [0.15, 0.2) is 0 Å². The lowest BCUT2D eigenvalue weighted by atomic mass is 9.98. The molecule has 18 heavy (non-hydrogen) atoms. The van der Waals surface area contributed by atoms with Crippen LogP contribution in [0.2, 0.25) is 0 Å². The summed E-state index contributed by atoms with van der Waals surface area (Å²) in [6.45, 7) is 3.62. The predicted molar refractivity (Wildman–Crippen MR) is 67.6 cm³/mol. The summed E-state index contributed by atoms with van der Waals surface area (Å²) < 4.78 is 5.29. The van der Waals surface area contributed by atoms with Gasteiger partial charge in [-0.3, -0.25) is 4.90 Å². The third-order valence-corrected chi connectivity index (χ3v) is 3.44. The van der Waals surface area contributed by atoms with Gasteiger partial charge in [0.2, 0.25) is 0 Å². The molecule has 1 saturated heterocycles. The molecule has 1 aromatic rings. The highest BCUT2D eigenvalue weighted by Gasteiger charge is 2.22. The van der Waals surface area contributed by atoms with E-state index in [1.54, 1.807) is 0 Å². The molecule has 2 rings (SSSR count). The number of carboxylic acids is 1. The fourth-order valence-corrected chi connectivity index (χ4v) is 2.61. The molecule has 0 aliphatic carbocycles. The molecule has 1 fully saturated rings. The monoisotopic (exact) mass is 252 g/mol.